The molecule has 126 valence electrons. The fourth-order valence-corrected chi connectivity index (χ4v) is 3.00. The number of nitriles is 1. The van der Waals surface area contributed by atoms with Crippen LogP contribution in [0, 0.1) is 18.3 Å². The van der Waals surface area contributed by atoms with Crippen LogP contribution in [0.5, 0.6) is 5.75 Å². The second-order valence-electron chi connectivity index (χ2n) is 5.93. The molecule has 4 rings (SSSR count). The summed E-state index contributed by atoms with van der Waals surface area (Å²) in [6.07, 6.45) is 1.58. The summed E-state index contributed by atoms with van der Waals surface area (Å²) in [5.74, 6) is 0.161. The second-order valence-corrected chi connectivity index (χ2v) is 5.93. The maximum atomic E-state index is 13.1. The van der Waals surface area contributed by atoms with Gasteiger partial charge in [0, 0.05) is 11.9 Å². The van der Waals surface area contributed by atoms with Crippen LogP contribution in [0.3, 0.4) is 0 Å². The van der Waals surface area contributed by atoms with Crippen molar-refractivity contribution in [2.45, 2.75) is 6.92 Å². The van der Waals surface area contributed by atoms with Crippen LogP contribution in [0.15, 0.2) is 53.3 Å². The molecular formula is C20H14N4O2. The molecule has 0 spiro atoms. The van der Waals surface area contributed by atoms with Gasteiger partial charge in [0.1, 0.15) is 11.8 Å². The molecule has 2 heterocycles. The van der Waals surface area contributed by atoms with Gasteiger partial charge in [0.05, 0.1) is 21.8 Å². The van der Waals surface area contributed by atoms with Gasteiger partial charge in [-0.25, -0.2) is 4.98 Å². The minimum absolute atomic E-state index is 0.161. The van der Waals surface area contributed by atoms with Gasteiger partial charge in [-0.05, 0) is 48.9 Å². The number of aromatic hydroxyl groups is 1. The molecule has 0 aliphatic heterocycles. The Kier molecular flexibility index (Phi) is 3.55. The van der Waals surface area contributed by atoms with Gasteiger partial charge in [0.25, 0.3) is 5.56 Å². The van der Waals surface area contributed by atoms with Gasteiger partial charge in [0.15, 0.2) is 5.65 Å². The molecule has 0 atom stereocenters. The lowest BCUT2D eigenvalue weighted by molar-refractivity contribution is 0.475. The first-order valence-corrected chi connectivity index (χ1v) is 8.00. The molecule has 0 aliphatic carbocycles. The summed E-state index contributed by atoms with van der Waals surface area (Å²) in [7, 11) is 0. The third kappa shape index (κ3) is 2.34. The number of anilines is 1. The number of pyridine rings is 1. The Morgan fingerprint density at radius 1 is 1.19 bits per heavy atom. The molecule has 0 aliphatic rings. The molecule has 0 radical (unpaired) electrons. The van der Waals surface area contributed by atoms with Gasteiger partial charge in [-0.1, -0.05) is 12.1 Å². The zero-order valence-electron chi connectivity index (χ0n) is 13.9. The van der Waals surface area contributed by atoms with Gasteiger partial charge in [0.2, 0.25) is 0 Å². The first-order chi connectivity index (χ1) is 12.6. The van der Waals surface area contributed by atoms with Crippen LogP contribution < -0.4 is 16.1 Å². The molecule has 2 aromatic heterocycles. The predicted octanol–water partition coefficient (Wildman–Crippen LogP) is 2.30. The molecule has 0 bridgehead atoms. The maximum absolute atomic E-state index is 13.1. The van der Waals surface area contributed by atoms with E-state index in [0.29, 0.717) is 33.0 Å². The van der Waals surface area contributed by atoms with Gasteiger partial charge in [-0.15, -0.1) is 0 Å². The molecule has 0 unspecified atom stereocenters. The zero-order chi connectivity index (χ0) is 18.3. The molecule has 6 heteroatoms. The standard InChI is InChI=1S/C20H14N4O2/c1-12-15(10-21)19-23-17-4-2-3-5-18(17)24(19)20(26)16(12)11-22-13-6-8-14(25)9-7-13/h2-9,11,22,25H,1H3/b16-11-. The number of rotatable bonds is 2. The Hall–Kier alpha value is -3.85. The quantitative estimate of drug-likeness (QED) is 0.546. The number of imidazole rings is 1. The zero-order valence-corrected chi connectivity index (χ0v) is 13.9. The first kappa shape index (κ1) is 15.7. The predicted molar refractivity (Wildman–Crippen MR) is 99.8 cm³/mol. The average molecular weight is 342 g/mol. The highest BCUT2D eigenvalue weighted by Crippen LogP contribution is 2.18. The number of hydrogen-bond donors (Lipinski definition) is 2. The van der Waals surface area contributed by atoms with Gasteiger partial charge in [-0.2, -0.15) is 5.26 Å². The molecule has 2 N–H and O–H groups in total. The van der Waals surface area contributed by atoms with Crippen molar-refractivity contribution < 1.29 is 5.11 Å². The Balaban J connectivity index is 2.01. The fourth-order valence-electron chi connectivity index (χ4n) is 3.00. The summed E-state index contributed by atoms with van der Waals surface area (Å²) in [5.41, 5.74) is 3.14. The molecular weight excluding hydrogens is 328 g/mol. The van der Waals surface area contributed by atoms with Crippen molar-refractivity contribution in [3.05, 3.63) is 75.2 Å². The maximum Gasteiger partial charge on any atom is 0.265 e. The summed E-state index contributed by atoms with van der Waals surface area (Å²) >= 11 is 0. The fraction of sp³-hybridized carbons (Fsp3) is 0.0500. The number of nitrogens with one attached hydrogen (secondary N) is 1. The van der Waals surface area contributed by atoms with E-state index in [-0.39, 0.29) is 11.3 Å². The summed E-state index contributed by atoms with van der Waals surface area (Å²) in [6, 6.07) is 16.0. The monoisotopic (exact) mass is 342 g/mol. The number of phenols is 1. The van der Waals surface area contributed by atoms with E-state index in [1.807, 2.05) is 24.3 Å². The minimum atomic E-state index is -0.239. The van der Waals surface area contributed by atoms with Crippen molar-refractivity contribution in [1.82, 2.24) is 9.38 Å². The molecule has 0 saturated heterocycles. The molecule has 4 aromatic rings. The van der Waals surface area contributed by atoms with E-state index >= 15 is 0 Å². The van der Waals surface area contributed by atoms with E-state index in [0.717, 1.165) is 5.69 Å². The summed E-state index contributed by atoms with van der Waals surface area (Å²) in [6.45, 7) is 1.74. The highest BCUT2D eigenvalue weighted by molar-refractivity contribution is 5.82. The van der Waals surface area contributed by atoms with Crippen molar-refractivity contribution in [3.8, 4) is 11.8 Å². The summed E-state index contributed by atoms with van der Waals surface area (Å²) < 4.78 is 1.48. The van der Waals surface area contributed by atoms with Gasteiger partial charge < -0.3 is 10.4 Å². The molecule has 0 amide bonds. The number of benzene rings is 2. The van der Waals surface area contributed by atoms with Crippen LogP contribution in [-0.2, 0) is 0 Å². The minimum Gasteiger partial charge on any atom is -0.508 e. The Labute approximate surface area is 148 Å². The topological polar surface area (TPSA) is 90.4 Å². The lowest BCUT2D eigenvalue weighted by atomic mass is 10.1. The lowest BCUT2D eigenvalue weighted by Crippen LogP contribution is -2.34. The van der Waals surface area contributed by atoms with Gasteiger partial charge in [-0.3, -0.25) is 9.20 Å². The van der Waals surface area contributed by atoms with Crippen LogP contribution in [0.25, 0.3) is 22.9 Å². The summed E-state index contributed by atoms with van der Waals surface area (Å²) in [4.78, 5) is 17.5. The Bertz CT molecular complexity index is 1300. The van der Waals surface area contributed by atoms with E-state index in [4.69, 9.17) is 0 Å². The van der Waals surface area contributed by atoms with Crippen molar-refractivity contribution in [2.24, 2.45) is 0 Å². The third-order valence-corrected chi connectivity index (χ3v) is 4.36. The average Bonchev–Trinajstić information content (AvgIpc) is 3.03. The van der Waals surface area contributed by atoms with Crippen LogP contribution in [0.1, 0.15) is 11.1 Å². The Morgan fingerprint density at radius 3 is 2.65 bits per heavy atom. The van der Waals surface area contributed by atoms with E-state index in [1.54, 1.807) is 37.4 Å². The third-order valence-electron chi connectivity index (χ3n) is 4.36. The van der Waals surface area contributed by atoms with Crippen molar-refractivity contribution in [1.29, 1.82) is 5.26 Å². The highest BCUT2D eigenvalue weighted by Gasteiger charge is 2.15. The normalized spacial score (nSPS) is 11.8. The molecule has 0 saturated carbocycles. The van der Waals surface area contributed by atoms with Crippen LogP contribution in [0.4, 0.5) is 5.69 Å². The molecule has 2 aromatic carbocycles. The number of aromatic nitrogens is 2. The number of para-hydroxylation sites is 2. The smallest absolute Gasteiger partial charge is 0.265 e. The molecule has 0 fully saturated rings. The van der Waals surface area contributed by atoms with Crippen molar-refractivity contribution >= 4 is 28.6 Å². The SMILES string of the molecule is Cc1c(C#N)c2nc3ccccc3n2c(=O)/c1=C\Nc1ccc(O)cc1. The second kappa shape index (κ2) is 5.90. The molecule has 26 heavy (non-hydrogen) atoms. The van der Waals surface area contributed by atoms with E-state index in [2.05, 4.69) is 16.4 Å². The highest BCUT2D eigenvalue weighted by atomic mass is 16.3. The van der Waals surface area contributed by atoms with E-state index in [9.17, 15) is 15.2 Å². The molecule has 6 nitrogen and oxygen atoms in total. The first-order valence-electron chi connectivity index (χ1n) is 8.00. The van der Waals surface area contributed by atoms with Crippen LogP contribution >= 0.6 is 0 Å². The van der Waals surface area contributed by atoms with Crippen molar-refractivity contribution in [2.75, 3.05) is 5.32 Å². The van der Waals surface area contributed by atoms with Crippen LogP contribution in [0.2, 0.25) is 0 Å². The van der Waals surface area contributed by atoms with Crippen LogP contribution in [-0.4, -0.2) is 14.5 Å². The summed E-state index contributed by atoms with van der Waals surface area (Å²) in [5, 5.41) is 22.4. The Morgan fingerprint density at radius 2 is 1.92 bits per heavy atom. The number of nitrogens with zero attached hydrogens (tertiary/aromatic N) is 3. The van der Waals surface area contributed by atoms with Crippen molar-refractivity contribution in [3.63, 3.8) is 0 Å². The number of fused-ring (bicyclic) bond motifs is 3. The largest absolute Gasteiger partial charge is 0.508 e. The van der Waals surface area contributed by atoms with E-state index in [1.165, 1.54) is 4.40 Å². The number of phenolic OH excluding ortho intramolecular Hbond substituents is 1. The lowest BCUT2D eigenvalue weighted by Gasteiger charge is -2.04. The van der Waals surface area contributed by atoms with Gasteiger partial charge >= 0.3 is 0 Å². The number of hydrogen-bond acceptors (Lipinski definition) is 5. The van der Waals surface area contributed by atoms with E-state index < -0.39 is 0 Å².